The van der Waals surface area contributed by atoms with Gasteiger partial charge in [0.05, 0.1) is 12.0 Å². The molecule has 7 nitrogen and oxygen atoms in total. The molecule has 1 aliphatic rings. The number of hydrogen-bond acceptors (Lipinski definition) is 5. The van der Waals surface area contributed by atoms with Crippen LogP contribution in [0.1, 0.15) is 58.1 Å². The first-order valence-corrected chi connectivity index (χ1v) is 16.3. The fraction of sp³-hybridized carbons (Fsp3) is 0.410. The fourth-order valence-corrected chi connectivity index (χ4v) is 6.40. The highest BCUT2D eigenvalue weighted by molar-refractivity contribution is 5.93. The van der Waals surface area contributed by atoms with Gasteiger partial charge in [0, 0.05) is 38.2 Å². The SMILES string of the molecule is CCOC(=O)C1(Cc2ccccc2)CCN(C(=O)[C@@H](Cc2ccc(-c3ccccc3)cc2)N(C)C(=O)/C=C(\C)CC(C)(C)N)CC1. The topological polar surface area (TPSA) is 92.9 Å². The van der Waals surface area contributed by atoms with E-state index in [9.17, 15) is 14.4 Å². The van der Waals surface area contributed by atoms with Crippen LogP contribution in [0.3, 0.4) is 0 Å². The summed E-state index contributed by atoms with van der Waals surface area (Å²) < 4.78 is 5.55. The van der Waals surface area contributed by atoms with Gasteiger partial charge in [-0.25, -0.2) is 0 Å². The molecule has 0 bridgehead atoms. The highest BCUT2D eigenvalue weighted by atomic mass is 16.5. The Morgan fingerprint density at radius 1 is 0.913 bits per heavy atom. The van der Waals surface area contributed by atoms with Crippen LogP contribution in [0.25, 0.3) is 11.1 Å². The Labute approximate surface area is 274 Å². The van der Waals surface area contributed by atoms with Crippen LogP contribution in [-0.4, -0.2) is 65.9 Å². The van der Waals surface area contributed by atoms with E-state index in [1.54, 1.807) is 18.0 Å². The highest BCUT2D eigenvalue weighted by Gasteiger charge is 2.44. The maximum atomic E-state index is 14.3. The summed E-state index contributed by atoms with van der Waals surface area (Å²) in [6, 6.07) is 27.6. The van der Waals surface area contributed by atoms with Gasteiger partial charge in [-0.15, -0.1) is 0 Å². The number of carbonyl (C=O) groups excluding carboxylic acids is 3. The van der Waals surface area contributed by atoms with E-state index in [2.05, 4.69) is 24.3 Å². The zero-order valence-corrected chi connectivity index (χ0v) is 28.0. The first-order chi connectivity index (χ1) is 21.9. The van der Waals surface area contributed by atoms with E-state index >= 15 is 0 Å². The van der Waals surface area contributed by atoms with Crippen LogP contribution in [0.5, 0.6) is 0 Å². The number of piperidine rings is 1. The van der Waals surface area contributed by atoms with Crippen molar-refractivity contribution in [3.63, 3.8) is 0 Å². The molecule has 0 aromatic heterocycles. The van der Waals surface area contributed by atoms with Crippen LogP contribution in [0.2, 0.25) is 0 Å². The lowest BCUT2D eigenvalue weighted by molar-refractivity contribution is -0.161. The molecular weight excluding hydrogens is 574 g/mol. The number of nitrogens with two attached hydrogens (primary N) is 1. The zero-order valence-electron chi connectivity index (χ0n) is 28.0. The average Bonchev–Trinajstić information content (AvgIpc) is 3.03. The minimum absolute atomic E-state index is 0.120. The summed E-state index contributed by atoms with van der Waals surface area (Å²) in [4.78, 5) is 44.5. The van der Waals surface area contributed by atoms with Gasteiger partial charge in [0.1, 0.15) is 6.04 Å². The summed E-state index contributed by atoms with van der Waals surface area (Å²) in [6.07, 6.45) is 4.08. The van der Waals surface area contributed by atoms with Gasteiger partial charge in [0.25, 0.3) is 0 Å². The van der Waals surface area contributed by atoms with Gasteiger partial charge in [0.2, 0.25) is 11.8 Å². The summed E-state index contributed by atoms with van der Waals surface area (Å²) in [7, 11) is 1.70. The molecule has 0 radical (unpaired) electrons. The van der Waals surface area contributed by atoms with E-state index in [0.29, 0.717) is 51.8 Å². The first kappa shape index (κ1) is 34.6. The lowest BCUT2D eigenvalue weighted by Crippen LogP contribution is -2.54. The van der Waals surface area contributed by atoms with Gasteiger partial charge in [-0.3, -0.25) is 14.4 Å². The molecule has 1 fully saturated rings. The van der Waals surface area contributed by atoms with Gasteiger partial charge in [-0.2, -0.15) is 0 Å². The molecule has 2 amide bonds. The van der Waals surface area contributed by atoms with E-state index in [0.717, 1.165) is 27.8 Å². The molecule has 7 heteroatoms. The molecular formula is C39H49N3O4. The molecule has 0 spiro atoms. The number of nitrogens with zero attached hydrogens (tertiary/aromatic N) is 2. The number of carbonyl (C=O) groups is 3. The maximum Gasteiger partial charge on any atom is 0.312 e. The molecule has 0 unspecified atom stereocenters. The monoisotopic (exact) mass is 623 g/mol. The predicted molar refractivity (Wildman–Crippen MR) is 184 cm³/mol. The largest absolute Gasteiger partial charge is 0.466 e. The van der Waals surface area contributed by atoms with E-state index in [1.807, 2.05) is 93.3 Å². The van der Waals surface area contributed by atoms with Crippen LogP contribution in [0, 0.1) is 5.41 Å². The standard InChI is InChI=1S/C39H49N3O4/c1-6-46-37(45)39(28-31-13-9-7-10-14-31)21-23-42(24-22-39)36(44)34(41(5)35(43)25-29(2)27-38(3,4)40)26-30-17-19-33(20-18-30)32-15-11-8-12-16-32/h7-20,25,34H,6,21-24,26-28,40H2,1-5H3/b29-25+/t34-/m1/s1. The number of benzene rings is 3. The zero-order chi connectivity index (χ0) is 33.3. The summed E-state index contributed by atoms with van der Waals surface area (Å²) in [6.45, 7) is 8.69. The Bertz CT molecular complexity index is 1490. The third-order valence-corrected chi connectivity index (χ3v) is 8.82. The average molecular weight is 624 g/mol. The van der Waals surface area contributed by atoms with Crippen molar-refractivity contribution in [2.75, 3.05) is 26.7 Å². The lowest BCUT2D eigenvalue weighted by Gasteiger charge is -2.42. The number of likely N-dealkylation sites (N-methyl/N-ethyl adjacent to an activating group) is 1. The molecule has 1 aliphatic heterocycles. The van der Waals surface area contributed by atoms with Crippen molar-refractivity contribution in [2.45, 2.75) is 71.4 Å². The molecule has 1 atom stereocenters. The lowest BCUT2D eigenvalue weighted by atomic mass is 9.73. The number of ether oxygens (including phenoxy) is 1. The number of esters is 1. The molecule has 0 aliphatic carbocycles. The van der Waals surface area contributed by atoms with Crippen molar-refractivity contribution in [1.82, 2.24) is 9.80 Å². The smallest absolute Gasteiger partial charge is 0.312 e. The van der Waals surface area contributed by atoms with Crippen LogP contribution in [0.15, 0.2) is 96.6 Å². The minimum Gasteiger partial charge on any atom is -0.466 e. The van der Waals surface area contributed by atoms with Gasteiger partial charge < -0.3 is 20.3 Å². The molecule has 0 saturated carbocycles. The molecule has 46 heavy (non-hydrogen) atoms. The summed E-state index contributed by atoms with van der Waals surface area (Å²) in [5, 5.41) is 0. The van der Waals surface area contributed by atoms with E-state index in [4.69, 9.17) is 10.5 Å². The van der Waals surface area contributed by atoms with Gasteiger partial charge in [0.15, 0.2) is 0 Å². The van der Waals surface area contributed by atoms with Gasteiger partial charge in [-0.05, 0) is 75.6 Å². The van der Waals surface area contributed by atoms with Crippen molar-refractivity contribution in [3.8, 4) is 11.1 Å². The minimum atomic E-state index is -0.714. The molecule has 1 saturated heterocycles. The quantitative estimate of drug-likeness (QED) is 0.191. The van der Waals surface area contributed by atoms with Gasteiger partial charge in [-0.1, -0.05) is 90.5 Å². The molecule has 1 heterocycles. The maximum absolute atomic E-state index is 14.3. The number of amides is 2. The first-order valence-electron chi connectivity index (χ1n) is 16.3. The second kappa shape index (κ2) is 15.4. The van der Waals surface area contributed by atoms with Crippen LogP contribution in [0.4, 0.5) is 0 Å². The van der Waals surface area contributed by atoms with E-state index in [-0.39, 0.29) is 17.8 Å². The highest BCUT2D eigenvalue weighted by Crippen LogP contribution is 2.37. The van der Waals surface area contributed by atoms with Crippen molar-refractivity contribution in [2.24, 2.45) is 11.1 Å². The number of hydrogen-bond donors (Lipinski definition) is 1. The second-order valence-electron chi connectivity index (χ2n) is 13.4. The normalized spacial score (nSPS) is 15.6. The Morgan fingerprint density at radius 3 is 2.04 bits per heavy atom. The molecule has 3 aromatic rings. The Hall–Kier alpha value is -4.23. The van der Waals surface area contributed by atoms with Crippen LogP contribution in [-0.2, 0) is 32.0 Å². The second-order valence-corrected chi connectivity index (χ2v) is 13.4. The molecule has 4 rings (SSSR count). The number of likely N-dealkylation sites (tertiary alicyclic amines) is 1. The Morgan fingerprint density at radius 2 is 1.48 bits per heavy atom. The van der Waals surface area contributed by atoms with Crippen molar-refractivity contribution >= 4 is 17.8 Å². The number of rotatable bonds is 12. The predicted octanol–water partition coefficient (Wildman–Crippen LogP) is 6.21. The molecule has 244 valence electrons. The molecule has 3 aromatic carbocycles. The summed E-state index contributed by atoms with van der Waals surface area (Å²) in [5.41, 5.74) is 10.1. The third kappa shape index (κ3) is 9.16. The fourth-order valence-electron chi connectivity index (χ4n) is 6.40. The summed E-state index contributed by atoms with van der Waals surface area (Å²) >= 11 is 0. The van der Waals surface area contributed by atoms with Crippen molar-refractivity contribution in [3.05, 3.63) is 108 Å². The summed E-state index contributed by atoms with van der Waals surface area (Å²) in [5.74, 6) is -0.565. The van der Waals surface area contributed by atoms with E-state index < -0.39 is 17.0 Å². The van der Waals surface area contributed by atoms with Crippen LogP contribution < -0.4 is 5.73 Å². The Kier molecular flexibility index (Phi) is 11.6. The van der Waals surface area contributed by atoms with Gasteiger partial charge >= 0.3 is 5.97 Å². The van der Waals surface area contributed by atoms with E-state index in [1.165, 1.54) is 0 Å². The Balaban J connectivity index is 1.57. The van der Waals surface area contributed by atoms with Crippen molar-refractivity contribution < 1.29 is 19.1 Å². The third-order valence-electron chi connectivity index (χ3n) is 8.82. The van der Waals surface area contributed by atoms with Crippen molar-refractivity contribution in [1.29, 1.82) is 0 Å². The molecule has 2 N–H and O–H groups in total. The van der Waals surface area contributed by atoms with Crippen LogP contribution >= 0.6 is 0 Å².